The summed E-state index contributed by atoms with van der Waals surface area (Å²) in [6.07, 6.45) is 5.53. The van der Waals surface area contributed by atoms with Crippen LogP contribution in [-0.2, 0) is 16.6 Å². The number of nitrogens with one attached hydrogen (secondary N) is 3. The molecule has 1 fully saturated rings. The van der Waals surface area contributed by atoms with Gasteiger partial charge in [0.25, 0.3) is 0 Å². The largest absolute Gasteiger partial charge is 0.481 e. The highest BCUT2D eigenvalue weighted by molar-refractivity contribution is 5.85. The number of carboxylic acids is 1. The summed E-state index contributed by atoms with van der Waals surface area (Å²) in [5.74, 6) is -0.727. The Kier molecular flexibility index (Phi) is 5.91. The van der Waals surface area contributed by atoms with E-state index in [0.29, 0.717) is 24.9 Å². The van der Waals surface area contributed by atoms with Gasteiger partial charge in [0.1, 0.15) is 6.07 Å². The average molecular weight is 454 g/mol. The topological polar surface area (TPSA) is 110 Å². The molecule has 34 heavy (non-hydrogen) atoms. The summed E-state index contributed by atoms with van der Waals surface area (Å²) in [5, 5.41) is 29.8. The van der Waals surface area contributed by atoms with E-state index in [4.69, 9.17) is 0 Å². The first-order chi connectivity index (χ1) is 16.6. The van der Waals surface area contributed by atoms with E-state index < -0.39 is 11.4 Å². The van der Waals surface area contributed by atoms with Gasteiger partial charge in [0.15, 0.2) is 0 Å². The quantitative estimate of drug-likeness (QED) is 0.410. The zero-order valence-electron chi connectivity index (χ0n) is 18.8. The molecule has 0 saturated heterocycles. The van der Waals surface area contributed by atoms with Crippen molar-refractivity contribution < 1.29 is 9.90 Å². The second-order valence-corrected chi connectivity index (χ2v) is 9.03. The molecular weight excluding hydrogens is 426 g/mol. The van der Waals surface area contributed by atoms with Gasteiger partial charge in [-0.2, -0.15) is 5.26 Å². The number of hydrogen-bond acceptors (Lipinski definition) is 6. The lowest BCUT2D eigenvalue weighted by molar-refractivity contribution is -0.140. The highest BCUT2D eigenvalue weighted by Gasteiger charge is 2.51. The molecule has 2 atom stereocenters. The van der Waals surface area contributed by atoms with Crippen molar-refractivity contribution in [2.24, 2.45) is 0 Å². The second-order valence-electron chi connectivity index (χ2n) is 9.03. The Bertz CT molecular complexity index is 1230. The summed E-state index contributed by atoms with van der Waals surface area (Å²) in [5.41, 5.74) is 4.65. The molecule has 2 heterocycles. The van der Waals surface area contributed by atoms with Crippen LogP contribution in [0.25, 0.3) is 0 Å². The molecule has 1 aliphatic carbocycles. The van der Waals surface area contributed by atoms with Crippen LogP contribution in [0.3, 0.4) is 0 Å². The van der Waals surface area contributed by atoms with E-state index in [1.165, 1.54) is 0 Å². The molecule has 2 aromatic carbocycles. The molecule has 0 spiro atoms. The summed E-state index contributed by atoms with van der Waals surface area (Å²) in [7, 11) is 0. The van der Waals surface area contributed by atoms with Crippen molar-refractivity contribution in [1.82, 2.24) is 10.3 Å². The lowest BCUT2D eigenvalue weighted by Crippen LogP contribution is -2.44. The number of benzene rings is 2. The lowest BCUT2D eigenvalue weighted by atomic mass is 9.93. The third-order valence-corrected chi connectivity index (χ3v) is 6.89. The Morgan fingerprint density at radius 2 is 2.03 bits per heavy atom. The number of rotatable bonds is 8. The lowest BCUT2D eigenvalue weighted by Gasteiger charge is -2.35. The highest BCUT2D eigenvalue weighted by Crippen LogP contribution is 2.48. The highest BCUT2D eigenvalue weighted by atomic mass is 16.4. The fourth-order valence-corrected chi connectivity index (χ4v) is 4.79. The van der Waals surface area contributed by atoms with Gasteiger partial charge < -0.3 is 21.1 Å². The predicted octanol–water partition coefficient (Wildman–Crippen LogP) is 3.85. The van der Waals surface area contributed by atoms with Crippen LogP contribution in [0.4, 0.5) is 11.4 Å². The molecular formula is C27H27N5O2. The number of anilines is 2. The molecule has 4 N–H and O–H groups in total. The van der Waals surface area contributed by atoms with Crippen molar-refractivity contribution in [1.29, 1.82) is 5.26 Å². The van der Waals surface area contributed by atoms with E-state index in [2.05, 4.69) is 45.2 Å². The summed E-state index contributed by atoms with van der Waals surface area (Å²) in [6, 6.07) is 20.5. The zero-order valence-corrected chi connectivity index (χ0v) is 18.8. The second kappa shape index (κ2) is 9.16. The predicted molar refractivity (Wildman–Crippen MR) is 131 cm³/mol. The molecule has 3 aromatic rings. The fourth-order valence-electron chi connectivity index (χ4n) is 4.79. The maximum atomic E-state index is 11.7. The molecule has 7 heteroatoms. The number of aliphatic carboxylic acids is 1. The number of carboxylic acid groups (broad SMARTS) is 1. The number of hydrogen-bond donors (Lipinski definition) is 4. The van der Waals surface area contributed by atoms with Crippen molar-refractivity contribution in [2.45, 2.75) is 36.8 Å². The van der Waals surface area contributed by atoms with Gasteiger partial charge in [0.2, 0.25) is 0 Å². The molecule has 0 radical (unpaired) electrons. The third-order valence-electron chi connectivity index (χ3n) is 6.89. The number of pyridine rings is 1. The van der Waals surface area contributed by atoms with E-state index in [0.717, 1.165) is 41.0 Å². The van der Waals surface area contributed by atoms with Crippen molar-refractivity contribution in [3.8, 4) is 6.07 Å². The maximum absolute atomic E-state index is 11.7. The molecule has 0 unspecified atom stereocenters. The minimum Gasteiger partial charge on any atom is -0.481 e. The van der Waals surface area contributed by atoms with Crippen LogP contribution in [0.2, 0.25) is 0 Å². The average Bonchev–Trinajstić information content (AvgIpc) is 3.69. The maximum Gasteiger partial charge on any atom is 0.314 e. The molecule has 0 bridgehead atoms. The van der Waals surface area contributed by atoms with Crippen LogP contribution in [0.15, 0.2) is 67.0 Å². The third kappa shape index (κ3) is 4.20. The molecule has 7 nitrogen and oxygen atoms in total. The first-order valence-electron chi connectivity index (χ1n) is 11.6. The van der Waals surface area contributed by atoms with Gasteiger partial charge in [-0.1, -0.05) is 54.6 Å². The van der Waals surface area contributed by atoms with E-state index in [-0.39, 0.29) is 12.1 Å². The summed E-state index contributed by atoms with van der Waals surface area (Å²) < 4.78 is 0. The van der Waals surface area contributed by atoms with Crippen LogP contribution in [0.5, 0.6) is 0 Å². The van der Waals surface area contributed by atoms with Gasteiger partial charge in [0, 0.05) is 12.7 Å². The fraction of sp³-hybridized carbons (Fsp3) is 0.296. The van der Waals surface area contributed by atoms with Gasteiger partial charge in [-0.3, -0.25) is 9.78 Å². The first-order valence-corrected chi connectivity index (χ1v) is 11.6. The van der Waals surface area contributed by atoms with Crippen molar-refractivity contribution in [3.05, 3.63) is 89.2 Å². The molecule has 172 valence electrons. The Hall–Kier alpha value is -3.89. The molecule has 5 rings (SSSR count). The molecule has 1 aromatic heterocycles. The Balaban J connectivity index is 1.32. The van der Waals surface area contributed by atoms with Crippen molar-refractivity contribution >= 4 is 17.3 Å². The van der Waals surface area contributed by atoms with Gasteiger partial charge >= 0.3 is 5.97 Å². The summed E-state index contributed by atoms with van der Waals surface area (Å²) in [4.78, 5) is 15.9. The number of fused-ring (bicyclic) bond motifs is 1. The Morgan fingerprint density at radius 3 is 2.76 bits per heavy atom. The molecule has 0 amide bonds. The standard InChI is InChI=1S/C27H27N5O2/c28-14-20-15-29-16-22-25(20)32-23(17-31-22)24(19-6-2-1-3-7-19)30-12-9-18-5-4-8-21(13-18)27(10-11-27)26(33)34/h1-8,13,15-16,23-24,30-32H,9-12,17H2,(H,33,34)/t23-,24-/m1/s1. The van der Waals surface area contributed by atoms with Crippen molar-refractivity contribution in [2.75, 3.05) is 23.7 Å². The molecule has 1 aliphatic heterocycles. The van der Waals surface area contributed by atoms with E-state index >= 15 is 0 Å². The van der Waals surface area contributed by atoms with Crippen LogP contribution in [0, 0.1) is 11.3 Å². The van der Waals surface area contributed by atoms with Crippen LogP contribution in [0.1, 0.15) is 41.1 Å². The summed E-state index contributed by atoms with van der Waals surface area (Å²) in [6.45, 7) is 1.42. The van der Waals surface area contributed by atoms with Crippen LogP contribution < -0.4 is 16.0 Å². The van der Waals surface area contributed by atoms with Crippen molar-refractivity contribution in [3.63, 3.8) is 0 Å². The molecule has 1 saturated carbocycles. The van der Waals surface area contributed by atoms with Gasteiger partial charge in [-0.05, 0) is 42.5 Å². The Labute approximate surface area is 198 Å². The Morgan fingerprint density at radius 1 is 1.21 bits per heavy atom. The molecule has 2 aliphatic rings. The number of nitrogens with zero attached hydrogens (tertiary/aromatic N) is 2. The minimum atomic E-state index is -0.727. The minimum absolute atomic E-state index is 0.0125. The summed E-state index contributed by atoms with van der Waals surface area (Å²) >= 11 is 0. The smallest absolute Gasteiger partial charge is 0.314 e. The normalized spacial score (nSPS) is 18.5. The monoisotopic (exact) mass is 453 g/mol. The van der Waals surface area contributed by atoms with Gasteiger partial charge in [-0.25, -0.2) is 0 Å². The van der Waals surface area contributed by atoms with Crippen LogP contribution >= 0.6 is 0 Å². The van der Waals surface area contributed by atoms with Gasteiger partial charge in [0.05, 0.1) is 40.6 Å². The van der Waals surface area contributed by atoms with Gasteiger partial charge in [-0.15, -0.1) is 0 Å². The first kappa shape index (κ1) is 21.9. The van der Waals surface area contributed by atoms with E-state index in [1.807, 2.05) is 36.4 Å². The zero-order chi connectivity index (χ0) is 23.5. The SMILES string of the molecule is N#Cc1cncc2c1N[C@@H]([C@H](NCCc1cccc(C3(C(=O)O)CC3)c1)c1ccccc1)CN2. The number of nitriles is 1. The van der Waals surface area contributed by atoms with E-state index in [1.54, 1.807) is 12.4 Å². The number of aromatic nitrogens is 1. The van der Waals surface area contributed by atoms with E-state index in [9.17, 15) is 15.2 Å². The number of carbonyl (C=O) groups is 1. The van der Waals surface area contributed by atoms with Crippen LogP contribution in [-0.4, -0.2) is 35.2 Å².